The topological polar surface area (TPSA) is 67.2 Å². The van der Waals surface area contributed by atoms with Gasteiger partial charge in [-0.15, -0.1) is 0 Å². The number of nitrogens with one attached hydrogen (secondary N) is 2. The van der Waals surface area contributed by atoms with Crippen LogP contribution in [0.5, 0.6) is 0 Å². The second-order valence-corrected chi connectivity index (χ2v) is 4.58. The van der Waals surface area contributed by atoms with Crippen LogP contribution in [-0.2, 0) is 4.79 Å². The van der Waals surface area contributed by atoms with Crippen LogP contribution in [0.1, 0.15) is 32.6 Å². The van der Waals surface area contributed by atoms with E-state index in [-0.39, 0.29) is 5.91 Å². The van der Waals surface area contributed by atoms with Gasteiger partial charge in [-0.05, 0) is 32.6 Å². The van der Waals surface area contributed by atoms with Crippen molar-refractivity contribution in [2.24, 2.45) is 5.73 Å². The minimum absolute atomic E-state index is 0.0316. The summed E-state index contributed by atoms with van der Waals surface area (Å²) in [5.74, 6) is -0.0316. The highest BCUT2D eigenvalue weighted by molar-refractivity contribution is 14.1. The van der Waals surface area contributed by atoms with E-state index in [0.717, 1.165) is 25.7 Å². The van der Waals surface area contributed by atoms with Gasteiger partial charge in [-0.2, -0.15) is 0 Å². The summed E-state index contributed by atoms with van der Waals surface area (Å²) in [6.45, 7) is 1.72. The molecule has 4 nitrogen and oxygen atoms in total. The van der Waals surface area contributed by atoms with Crippen molar-refractivity contribution in [2.75, 3.05) is 0 Å². The second kappa shape index (κ2) is 5.87. The maximum Gasteiger partial charge on any atom is 0.236 e. The van der Waals surface area contributed by atoms with E-state index in [2.05, 4.69) is 31.7 Å². The molecule has 14 heavy (non-hydrogen) atoms. The Morgan fingerprint density at radius 2 is 1.86 bits per heavy atom. The number of hydrogen-bond acceptors (Lipinski definition) is 3. The third-order valence-electron chi connectivity index (χ3n) is 2.64. The van der Waals surface area contributed by atoms with Crippen LogP contribution in [-0.4, -0.2) is 24.0 Å². The fraction of sp³-hybridized carbons (Fsp3) is 0.889. The third kappa shape index (κ3) is 3.70. The van der Waals surface area contributed by atoms with Gasteiger partial charge in [0.15, 0.2) is 0 Å². The van der Waals surface area contributed by atoms with E-state index < -0.39 is 6.04 Å². The molecule has 0 aromatic heterocycles. The number of carbonyl (C=O) groups excluding carboxylic acids is 1. The maximum atomic E-state index is 11.3. The molecule has 4 N–H and O–H groups in total. The molecule has 0 heterocycles. The maximum absolute atomic E-state index is 11.3. The largest absolute Gasteiger partial charge is 0.352 e. The van der Waals surface area contributed by atoms with E-state index in [4.69, 9.17) is 5.73 Å². The van der Waals surface area contributed by atoms with Crippen LogP contribution in [0.4, 0.5) is 0 Å². The van der Waals surface area contributed by atoms with Crippen molar-refractivity contribution in [2.45, 2.75) is 50.7 Å². The molecule has 1 fully saturated rings. The zero-order valence-corrected chi connectivity index (χ0v) is 10.6. The van der Waals surface area contributed by atoms with Gasteiger partial charge in [-0.25, -0.2) is 0 Å². The molecule has 1 aliphatic carbocycles. The Balaban J connectivity index is 2.25. The Labute approximate surface area is 98.9 Å². The Morgan fingerprint density at radius 1 is 1.36 bits per heavy atom. The van der Waals surface area contributed by atoms with Gasteiger partial charge in [-0.3, -0.25) is 8.32 Å². The SMILES string of the molecule is C[C@H](N)C(=O)NC1CCC(NI)CC1. The number of nitrogens with two attached hydrogens (primary N) is 1. The summed E-state index contributed by atoms with van der Waals surface area (Å²) >= 11 is 2.19. The van der Waals surface area contributed by atoms with Gasteiger partial charge in [-0.1, -0.05) is 0 Å². The van der Waals surface area contributed by atoms with Crippen LogP contribution in [0.3, 0.4) is 0 Å². The molecular weight excluding hydrogens is 293 g/mol. The van der Waals surface area contributed by atoms with Crippen molar-refractivity contribution in [1.82, 2.24) is 8.85 Å². The monoisotopic (exact) mass is 311 g/mol. The number of hydrogen-bond donors (Lipinski definition) is 3. The van der Waals surface area contributed by atoms with Crippen LogP contribution >= 0.6 is 22.9 Å². The minimum atomic E-state index is -0.393. The van der Waals surface area contributed by atoms with Crippen molar-refractivity contribution >= 4 is 28.8 Å². The van der Waals surface area contributed by atoms with Gasteiger partial charge in [0.2, 0.25) is 5.91 Å². The Hall–Kier alpha value is 0.120. The summed E-state index contributed by atoms with van der Waals surface area (Å²) in [4.78, 5) is 11.3. The van der Waals surface area contributed by atoms with Crippen molar-refractivity contribution in [3.63, 3.8) is 0 Å². The molecule has 0 spiro atoms. The zero-order valence-electron chi connectivity index (χ0n) is 8.42. The number of rotatable bonds is 3. The number of carbonyl (C=O) groups is 1. The smallest absolute Gasteiger partial charge is 0.236 e. The number of amides is 1. The van der Waals surface area contributed by atoms with Gasteiger partial charge < -0.3 is 11.1 Å². The predicted molar refractivity (Wildman–Crippen MR) is 65.0 cm³/mol. The molecule has 0 aliphatic heterocycles. The van der Waals surface area contributed by atoms with E-state index in [9.17, 15) is 4.79 Å². The molecule has 0 bridgehead atoms. The normalized spacial score (nSPS) is 29.6. The van der Waals surface area contributed by atoms with E-state index >= 15 is 0 Å². The third-order valence-corrected chi connectivity index (χ3v) is 3.52. The summed E-state index contributed by atoms with van der Waals surface area (Å²) in [5, 5.41) is 2.97. The Kier molecular flexibility index (Phi) is 5.11. The average Bonchev–Trinajstić information content (AvgIpc) is 2.19. The minimum Gasteiger partial charge on any atom is -0.352 e. The molecule has 0 aromatic rings. The quantitative estimate of drug-likeness (QED) is 0.531. The predicted octanol–water partition coefficient (Wildman–Crippen LogP) is 0.701. The van der Waals surface area contributed by atoms with Gasteiger partial charge in [0.05, 0.1) is 6.04 Å². The van der Waals surface area contributed by atoms with Crippen molar-refractivity contribution in [3.05, 3.63) is 0 Å². The summed E-state index contributed by atoms with van der Waals surface area (Å²) in [7, 11) is 0. The van der Waals surface area contributed by atoms with Crippen molar-refractivity contribution in [3.8, 4) is 0 Å². The molecule has 1 saturated carbocycles. The van der Waals surface area contributed by atoms with Crippen molar-refractivity contribution in [1.29, 1.82) is 0 Å². The van der Waals surface area contributed by atoms with Gasteiger partial charge in [0.1, 0.15) is 0 Å². The lowest BCUT2D eigenvalue weighted by Crippen LogP contribution is -2.46. The first kappa shape index (κ1) is 12.2. The van der Waals surface area contributed by atoms with E-state index in [1.54, 1.807) is 6.92 Å². The number of halogens is 1. The summed E-state index contributed by atoms with van der Waals surface area (Å²) in [5.41, 5.74) is 5.48. The Bertz CT molecular complexity index is 190. The molecule has 0 aromatic carbocycles. The highest BCUT2D eigenvalue weighted by atomic mass is 127. The first-order chi connectivity index (χ1) is 6.63. The second-order valence-electron chi connectivity index (χ2n) is 3.95. The lowest BCUT2D eigenvalue weighted by molar-refractivity contribution is -0.122. The van der Waals surface area contributed by atoms with Crippen LogP contribution in [0.15, 0.2) is 0 Å². The lowest BCUT2D eigenvalue weighted by Gasteiger charge is -2.28. The molecule has 1 atom stereocenters. The van der Waals surface area contributed by atoms with E-state index in [1.807, 2.05) is 0 Å². The summed E-state index contributed by atoms with van der Waals surface area (Å²) in [6, 6.07) is 0.545. The average molecular weight is 311 g/mol. The summed E-state index contributed by atoms with van der Waals surface area (Å²) in [6.07, 6.45) is 4.37. The first-order valence-corrected chi connectivity index (χ1v) is 6.13. The fourth-order valence-corrected chi connectivity index (χ4v) is 2.30. The van der Waals surface area contributed by atoms with Crippen molar-refractivity contribution < 1.29 is 4.79 Å². The van der Waals surface area contributed by atoms with Crippen LogP contribution in [0, 0.1) is 0 Å². The van der Waals surface area contributed by atoms with E-state index in [1.165, 1.54) is 0 Å². The molecule has 82 valence electrons. The molecule has 0 radical (unpaired) electrons. The van der Waals surface area contributed by atoms with Crippen LogP contribution in [0.25, 0.3) is 0 Å². The highest BCUT2D eigenvalue weighted by Gasteiger charge is 2.22. The first-order valence-electron chi connectivity index (χ1n) is 5.05. The van der Waals surface area contributed by atoms with E-state index in [0.29, 0.717) is 12.1 Å². The molecule has 1 aliphatic rings. The molecular formula is C9H18IN3O. The van der Waals surface area contributed by atoms with Gasteiger partial charge >= 0.3 is 0 Å². The summed E-state index contributed by atoms with van der Waals surface area (Å²) < 4.78 is 3.23. The molecule has 1 rings (SSSR count). The highest BCUT2D eigenvalue weighted by Crippen LogP contribution is 2.19. The zero-order chi connectivity index (χ0) is 10.6. The fourth-order valence-electron chi connectivity index (χ4n) is 1.68. The molecule has 1 amide bonds. The standard InChI is InChI=1S/C9H18IN3O/c1-6(11)9(14)12-7-2-4-8(13-10)5-3-7/h6-8,13H,2-5,11H2,1H3,(H,12,14)/t6-,7?,8?/m0/s1. The van der Waals surface area contributed by atoms with Gasteiger partial charge in [0, 0.05) is 34.9 Å². The molecule has 0 unspecified atom stereocenters. The molecule has 0 saturated heterocycles. The lowest BCUT2D eigenvalue weighted by atomic mass is 9.92. The van der Waals surface area contributed by atoms with Gasteiger partial charge in [0.25, 0.3) is 0 Å². The molecule has 5 heteroatoms. The van der Waals surface area contributed by atoms with Crippen LogP contribution in [0.2, 0.25) is 0 Å². The van der Waals surface area contributed by atoms with Crippen LogP contribution < -0.4 is 14.6 Å². The Morgan fingerprint density at radius 3 is 2.29 bits per heavy atom.